The van der Waals surface area contributed by atoms with Crippen LogP contribution in [0.15, 0.2) is 0 Å². The summed E-state index contributed by atoms with van der Waals surface area (Å²) in [6, 6.07) is 0. The van der Waals surface area contributed by atoms with E-state index in [1.54, 1.807) is 0 Å². The summed E-state index contributed by atoms with van der Waals surface area (Å²) in [5, 5.41) is 0.616. The summed E-state index contributed by atoms with van der Waals surface area (Å²) in [4.78, 5) is 0. The van der Waals surface area contributed by atoms with Crippen molar-refractivity contribution in [3.8, 4) is 0 Å². The third kappa shape index (κ3) is 7.28. The van der Waals surface area contributed by atoms with Crippen LogP contribution in [0.1, 0.15) is 48.0 Å². The van der Waals surface area contributed by atoms with E-state index in [1.165, 1.54) is 24.9 Å². The molecule has 0 radical (unpaired) electrons. The maximum Gasteiger partial charge on any atom is 0.673 e. The Hall–Kier alpha value is 0.215. The number of hydrogen-bond acceptors (Lipinski definition) is 0. The first-order chi connectivity index (χ1) is 7.49. The van der Waals surface area contributed by atoms with Crippen molar-refractivity contribution in [3.63, 3.8) is 0 Å². The van der Waals surface area contributed by atoms with Crippen molar-refractivity contribution < 1.29 is 17.3 Å². The Bertz CT molecular complexity index is 186. The van der Waals surface area contributed by atoms with Crippen molar-refractivity contribution in [1.29, 1.82) is 0 Å². The lowest BCUT2D eigenvalue weighted by Gasteiger charge is -2.38. The molecule has 0 amide bonds. The molecule has 0 heterocycles. The van der Waals surface area contributed by atoms with E-state index >= 15 is 0 Å². The number of hydrogen-bond donors (Lipinski definition) is 0. The monoisotopic (exact) mass is 276 g/mol. The maximum atomic E-state index is 9.75. The maximum absolute atomic E-state index is 9.75. The highest BCUT2D eigenvalue weighted by Gasteiger charge is 2.46. The Balaban J connectivity index is 0. The second kappa shape index (κ2) is 7.61. The first-order valence-electron chi connectivity index (χ1n) is 6.23. The van der Waals surface area contributed by atoms with Gasteiger partial charge >= 0.3 is 7.25 Å². The van der Waals surface area contributed by atoms with Crippen LogP contribution in [-0.2, 0) is 0 Å². The molecule has 0 saturated heterocycles. The quantitative estimate of drug-likeness (QED) is 0.350. The smallest absolute Gasteiger partial charge is 0.418 e. The standard InChI is InChI=1S/C11H26P.BF4/c1-7-11(5,6)12(8-2,9-3)10-4;2-1(3,4)5/h7-10H2,1-6H3;/q+1;-1. The van der Waals surface area contributed by atoms with Crippen LogP contribution in [0.3, 0.4) is 0 Å². The molecule has 0 aliphatic carbocycles. The second-order valence-corrected chi connectivity index (χ2v) is 10.2. The Morgan fingerprint density at radius 2 is 1.06 bits per heavy atom. The van der Waals surface area contributed by atoms with Crippen LogP contribution in [0.25, 0.3) is 0 Å². The molecule has 0 unspecified atom stereocenters. The summed E-state index contributed by atoms with van der Waals surface area (Å²) in [7, 11) is -6.64. The third-order valence-electron chi connectivity index (χ3n) is 3.97. The molecule has 0 nitrogen and oxygen atoms in total. The minimum Gasteiger partial charge on any atom is -0.418 e. The van der Waals surface area contributed by atoms with Crippen LogP contribution in [0.4, 0.5) is 17.3 Å². The van der Waals surface area contributed by atoms with Crippen molar-refractivity contribution >= 4 is 14.5 Å². The summed E-state index contributed by atoms with van der Waals surface area (Å²) in [5.74, 6) is 0. The van der Waals surface area contributed by atoms with Crippen molar-refractivity contribution in [3.05, 3.63) is 0 Å². The fourth-order valence-corrected chi connectivity index (χ4v) is 6.87. The molecular formula is C11H26BF4P. The molecule has 6 heteroatoms. The molecule has 0 rings (SSSR count). The van der Waals surface area contributed by atoms with Gasteiger partial charge in [-0.1, -0.05) is 6.92 Å². The molecule has 0 atom stereocenters. The van der Waals surface area contributed by atoms with Gasteiger partial charge in [-0.2, -0.15) is 0 Å². The van der Waals surface area contributed by atoms with Gasteiger partial charge in [0.15, 0.2) is 0 Å². The average molecular weight is 276 g/mol. The highest BCUT2D eigenvalue weighted by molar-refractivity contribution is 7.77. The zero-order chi connectivity index (χ0) is 14.3. The molecule has 0 aliphatic heterocycles. The van der Waals surface area contributed by atoms with Gasteiger partial charge in [0, 0.05) is 7.26 Å². The first kappa shape index (κ1) is 19.6. The average Bonchev–Trinajstić information content (AvgIpc) is 2.18. The van der Waals surface area contributed by atoms with Gasteiger partial charge in [-0.3, -0.25) is 0 Å². The highest BCUT2D eigenvalue weighted by atomic mass is 31.2. The molecule has 0 aliphatic rings. The molecule has 0 aromatic heterocycles. The minimum absolute atomic E-state index is 0.616. The van der Waals surface area contributed by atoms with E-state index in [1.807, 2.05) is 0 Å². The Labute approximate surface area is 104 Å². The van der Waals surface area contributed by atoms with E-state index in [0.29, 0.717) is 5.16 Å². The Morgan fingerprint density at radius 3 is 1.12 bits per heavy atom. The van der Waals surface area contributed by atoms with E-state index in [-0.39, 0.29) is 0 Å². The Morgan fingerprint density at radius 1 is 0.824 bits per heavy atom. The van der Waals surface area contributed by atoms with Crippen LogP contribution >= 0.6 is 7.26 Å². The summed E-state index contributed by atoms with van der Waals surface area (Å²) >= 11 is 0. The van der Waals surface area contributed by atoms with Gasteiger partial charge < -0.3 is 17.3 Å². The van der Waals surface area contributed by atoms with Crippen molar-refractivity contribution in [2.24, 2.45) is 0 Å². The molecule has 0 N–H and O–H groups in total. The number of rotatable bonds is 5. The molecular weight excluding hydrogens is 250 g/mol. The van der Waals surface area contributed by atoms with Gasteiger partial charge in [-0.15, -0.1) is 0 Å². The molecule has 0 saturated carbocycles. The highest BCUT2D eigenvalue weighted by Crippen LogP contribution is 2.68. The van der Waals surface area contributed by atoms with Crippen LogP contribution in [0, 0.1) is 0 Å². The van der Waals surface area contributed by atoms with Crippen molar-refractivity contribution in [2.75, 3.05) is 18.5 Å². The van der Waals surface area contributed by atoms with E-state index in [9.17, 15) is 17.3 Å². The predicted octanol–water partition coefficient (Wildman–Crippen LogP) is 5.55. The van der Waals surface area contributed by atoms with Gasteiger partial charge in [0.2, 0.25) is 0 Å². The van der Waals surface area contributed by atoms with Crippen molar-refractivity contribution in [1.82, 2.24) is 0 Å². The molecule has 0 bridgehead atoms. The molecule has 0 aromatic carbocycles. The van der Waals surface area contributed by atoms with Crippen LogP contribution < -0.4 is 0 Å². The van der Waals surface area contributed by atoms with Gasteiger partial charge in [0.05, 0.1) is 23.6 Å². The molecule has 17 heavy (non-hydrogen) atoms. The fraction of sp³-hybridized carbons (Fsp3) is 1.00. The predicted molar refractivity (Wildman–Crippen MR) is 73.1 cm³/mol. The van der Waals surface area contributed by atoms with Gasteiger partial charge in [-0.05, 0) is 41.0 Å². The number of halogens is 4. The van der Waals surface area contributed by atoms with E-state index in [4.69, 9.17) is 0 Å². The van der Waals surface area contributed by atoms with Gasteiger partial charge in [0.1, 0.15) is 0 Å². The lowest BCUT2D eigenvalue weighted by Crippen LogP contribution is -2.28. The first-order valence-corrected chi connectivity index (χ1v) is 8.57. The third-order valence-corrected chi connectivity index (χ3v) is 10.5. The molecule has 0 fully saturated rings. The van der Waals surface area contributed by atoms with E-state index < -0.39 is 14.5 Å². The largest absolute Gasteiger partial charge is 0.673 e. The molecule has 0 spiro atoms. The van der Waals surface area contributed by atoms with Crippen LogP contribution in [0.5, 0.6) is 0 Å². The summed E-state index contributed by atoms with van der Waals surface area (Å²) in [5.41, 5.74) is 0. The minimum atomic E-state index is -6.00. The van der Waals surface area contributed by atoms with Gasteiger partial charge in [0.25, 0.3) is 0 Å². The topological polar surface area (TPSA) is 0 Å². The fourth-order valence-electron chi connectivity index (χ4n) is 2.29. The SMILES string of the molecule is CCC(C)(C)[P+](CC)(CC)CC.F[B-](F)(F)F. The van der Waals surface area contributed by atoms with E-state index in [0.717, 1.165) is 0 Å². The van der Waals surface area contributed by atoms with Crippen LogP contribution in [-0.4, -0.2) is 30.9 Å². The zero-order valence-electron chi connectivity index (χ0n) is 11.9. The van der Waals surface area contributed by atoms with Gasteiger partial charge in [-0.25, -0.2) is 0 Å². The summed E-state index contributed by atoms with van der Waals surface area (Å²) in [6.45, 7) is 14.4. The second-order valence-electron chi connectivity index (χ2n) is 4.75. The zero-order valence-corrected chi connectivity index (χ0v) is 12.8. The normalized spacial score (nSPS) is 13.1. The summed E-state index contributed by atoms with van der Waals surface area (Å²) < 4.78 is 39.0. The molecule has 0 aromatic rings. The Kier molecular flexibility index (Phi) is 8.75. The summed E-state index contributed by atoms with van der Waals surface area (Å²) in [6.07, 6.45) is 5.64. The lowest BCUT2D eigenvalue weighted by atomic mass is 10.1. The van der Waals surface area contributed by atoms with Crippen LogP contribution in [0.2, 0.25) is 0 Å². The lowest BCUT2D eigenvalue weighted by molar-refractivity contribution is 0.368. The van der Waals surface area contributed by atoms with Crippen molar-refractivity contribution in [2.45, 2.75) is 53.1 Å². The van der Waals surface area contributed by atoms with E-state index in [2.05, 4.69) is 41.5 Å². The molecule has 106 valence electrons.